The van der Waals surface area contributed by atoms with Crippen LogP contribution in [0.25, 0.3) is 0 Å². The van der Waals surface area contributed by atoms with E-state index < -0.39 is 34.7 Å². The van der Waals surface area contributed by atoms with Gasteiger partial charge >= 0.3 is 11.9 Å². The summed E-state index contributed by atoms with van der Waals surface area (Å²) >= 11 is 0. The summed E-state index contributed by atoms with van der Waals surface area (Å²) in [6, 6.07) is 7.45. The minimum atomic E-state index is -1.75. The second kappa shape index (κ2) is 8.82. The highest BCUT2D eigenvalue weighted by atomic mass is 16.6. The second-order valence-electron chi connectivity index (χ2n) is 7.49. The molecule has 0 saturated carbocycles. The number of esters is 2. The number of fused-ring (bicyclic) bond motifs is 2. The zero-order chi connectivity index (χ0) is 23.6. The summed E-state index contributed by atoms with van der Waals surface area (Å²) in [5.41, 5.74) is -1.54. The Morgan fingerprint density at radius 1 is 0.906 bits per heavy atom. The Morgan fingerprint density at radius 3 is 2.03 bits per heavy atom. The number of phenols is 1. The normalized spacial score (nSPS) is 12.6. The lowest BCUT2D eigenvalue weighted by Gasteiger charge is -2.26. The molecule has 0 spiro atoms. The number of aromatic hydroxyl groups is 1. The van der Waals surface area contributed by atoms with Gasteiger partial charge < -0.3 is 19.3 Å². The minimum Gasteiger partial charge on any atom is -0.507 e. The topological polar surface area (TPSA) is 116 Å². The molecule has 1 aliphatic carbocycles. The summed E-state index contributed by atoms with van der Waals surface area (Å²) in [5, 5.41) is 11.0. The van der Waals surface area contributed by atoms with E-state index in [2.05, 4.69) is 0 Å². The van der Waals surface area contributed by atoms with Crippen LogP contribution in [0.5, 0.6) is 11.5 Å². The molecule has 0 aromatic heterocycles. The van der Waals surface area contributed by atoms with Crippen LogP contribution >= 0.6 is 0 Å². The predicted molar refractivity (Wildman–Crippen MR) is 113 cm³/mol. The van der Waals surface area contributed by atoms with E-state index in [1.54, 1.807) is 26.0 Å². The van der Waals surface area contributed by atoms with Crippen molar-refractivity contribution in [2.45, 2.75) is 27.2 Å². The van der Waals surface area contributed by atoms with Gasteiger partial charge in [-0.3, -0.25) is 19.2 Å². The van der Waals surface area contributed by atoms with Crippen molar-refractivity contribution in [3.63, 3.8) is 0 Å². The average molecular weight is 440 g/mol. The Labute approximate surface area is 185 Å². The Kier molecular flexibility index (Phi) is 6.34. The van der Waals surface area contributed by atoms with Crippen LogP contribution in [0.2, 0.25) is 0 Å². The van der Waals surface area contributed by atoms with Gasteiger partial charge in [-0.2, -0.15) is 0 Å². The molecule has 8 nitrogen and oxygen atoms in total. The molecule has 0 saturated heterocycles. The van der Waals surface area contributed by atoms with Gasteiger partial charge in [-0.1, -0.05) is 18.2 Å². The van der Waals surface area contributed by atoms with E-state index >= 15 is 0 Å². The van der Waals surface area contributed by atoms with Crippen LogP contribution in [0.3, 0.4) is 0 Å². The molecule has 2 aromatic carbocycles. The quantitative estimate of drug-likeness (QED) is 0.440. The number of methoxy groups -OCH3 is 1. The van der Waals surface area contributed by atoms with E-state index in [0.717, 1.165) is 0 Å². The Morgan fingerprint density at radius 2 is 1.47 bits per heavy atom. The number of hydrogen-bond donors (Lipinski definition) is 1. The second-order valence-corrected chi connectivity index (χ2v) is 7.49. The predicted octanol–water partition coefficient (Wildman–Crippen LogP) is 2.85. The first-order valence-electron chi connectivity index (χ1n) is 10.2. The molecule has 1 N–H and O–H groups in total. The van der Waals surface area contributed by atoms with E-state index in [4.69, 9.17) is 14.2 Å². The van der Waals surface area contributed by atoms with Gasteiger partial charge in [0.15, 0.2) is 17.0 Å². The molecular weight excluding hydrogens is 416 g/mol. The van der Waals surface area contributed by atoms with Crippen molar-refractivity contribution >= 4 is 23.5 Å². The van der Waals surface area contributed by atoms with Crippen LogP contribution < -0.4 is 4.74 Å². The van der Waals surface area contributed by atoms with Crippen LogP contribution in [0.1, 0.15) is 58.2 Å². The molecule has 0 aliphatic heterocycles. The Bertz CT molecular complexity index is 1100. The molecule has 32 heavy (non-hydrogen) atoms. The SMILES string of the molecule is CCOC(=O)C(C)(Cc1ccc2c(c1O)C(=O)c1cccc(OC)c1C2=O)C(=O)OCC. The lowest BCUT2D eigenvalue weighted by Crippen LogP contribution is -2.41. The number of ether oxygens (including phenoxy) is 3. The molecule has 3 rings (SSSR count). The molecule has 0 heterocycles. The summed E-state index contributed by atoms with van der Waals surface area (Å²) < 4.78 is 15.3. The zero-order valence-corrected chi connectivity index (χ0v) is 18.3. The molecule has 0 unspecified atom stereocenters. The first-order valence-corrected chi connectivity index (χ1v) is 10.2. The number of ketones is 2. The molecule has 0 fully saturated rings. The summed E-state index contributed by atoms with van der Waals surface area (Å²) in [6.45, 7) is 4.67. The molecule has 0 amide bonds. The van der Waals surface area contributed by atoms with Gasteiger partial charge in [-0.05, 0) is 38.5 Å². The fraction of sp³-hybridized carbons (Fsp3) is 0.333. The number of rotatable bonds is 7. The summed E-state index contributed by atoms with van der Waals surface area (Å²) in [6.07, 6.45) is -0.282. The third-order valence-corrected chi connectivity index (χ3v) is 5.45. The minimum absolute atomic E-state index is 0.0159. The van der Waals surface area contributed by atoms with Crippen LogP contribution in [0.15, 0.2) is 30.3 Å². The molecule has 0 bridgehead atoms. The molecule has 2 aromatic rings. The maximum atomic E-state index is 13.2. The summed E-state index contributed by atoms with van der Waals surface area (Å²) in [5.74, 6) is -2.85. The van der Waals surface area contributed by atoms with Crippen LogP contribution in [-0.2, 0) is 25.5 Å². The Hall–Kier alpha value is -3.68. The molecule has 1 aliphatic rings. The lowest BCUT2D eigenvalue weighted by molar-refractivity contribution is -0.170. The highest BCUT2D eigenvalue weighted by Crippen LogP contribution is 2.40. The third-order valence-electron chi connectivity index (χ3n) is 5.45. The van der Waals surface area contributed by atoms with Gasteiger partial charge in [0.25, 0.3) is 0 Å². The van der Waals surface area contributed by atoms with Gasteiger partial charge in [0.1, 0.15) is 11.5 Å². The average Bonchev–Trinajstić information content (AvgIpc) is 2.78. The van der Waals surface area contributed by atoms with Crippen molar-refractivity contribution in [1.82, 2.24) is 0 Å². The first kappa shape index (κ1) is 23.0. The third kappa shape index (κ3) is 3.62. The smallest absolute Gasteiger partial charge is 0.323 e. The fourth-order valence-electron chi connectivity index (χ4n) is 3.78. The maximum absolute atomic E-state index is 13.2. The van der Waals surface area contributed by atoms with Crippen molar-refractivity contribution in [1.29, 1.82) is 0 Å². The van der Waals surface area contributed by atoms with Gasteiger partial charge in [-0.15, -0.1) is 0 Å². The number of hydrogen-bond acceptors (Lipinski definition) is 8. The molecule has 0 atom stereocenters. The zero-order valence-electron chi connectivity index (χ0n) is 18.3. The van der Waals surface area contributed by atoms with Crippen molar-refractivity contribution < 1.29 is 38.5 Å². The van der Waals surface area contributed by atoms with E-state index in [9.17, 15) is 24.3 Å². The van der Waals surface area contributed by atoms with E-state index in [0.29, 0.717) is 0 Å². The van der Waals surface area contributed by atoms with E-state index in [1.807, 2.05) is 0 Å². The molecule has 8 heteroatoms. The highest BCUT2D eigenvalue weighted by molar-refractivity contribution is 6.30. The highest BCUT2D eigenvalue weighted by Gasteiger charge is 2.46. The Balaban J connectivity index is 2.11. The van der Waals surface area contributed by atoms with Gasteiger partial charge in [0.2, 0.25) is 0 Å². The van der Waals surface area contributed by atoms with Crippen LogP contribution in [0, 0.1) is 5.41 Å². The van der Waals surface area contributed by atoms with E-state index in [1.165, 1.54) is 32.2 Å². The monoisotopic (exact) mass is 440 g/mol. The van der Waals surface area contributed by atoms with Crippen molar-refractivity contribution in [2.75, 3.05) is 20.3 Å². The number of benzene rings is 2. The van der Waals surface area contributed by atoms with Crippen molar-refractivity contribution in [3.8, 4) is 11.5 Å². The van der Waals surface area contributed by atoms with Gasteiger partial charge in [-0.25, -0.2) is 0 Å². The standard InChI is InChI=1S/C24H24O8/c1-5-31-22(28)24(3,23(29)32-6-2)12-13-10-11-15-18(19(13)25)21(27)14-8-7-9-16(30-4)17(14)20(15)26/h7-11,25H,5-6,12H2,1-4H3. The number of carbonyl (C=O) groups is 4. The number of phenolic OH excluding ortho intramolecular Hbond substituents is 1. The largest absolute Gasteiger partial charge is 0.507 e. The van der Waals surface area contributed by atoms with Crippen LogP contribution in [-0.4, -0.2) is 48.9 Å². The van der Waals surface area contributed by atoms with Gasteiger partial charge in [0.05, 0.1) is 31.5 Å². The van der Waals surface area contributed by atoms with Crippen LogP contribution in [0.4, 0.5) is 0 Å². The molecule has 0 radical (unpaired) electrons. The summed E-state index contributed by atoms with van der Waals surface area (Å²) in [7, 11) is 1.40. The maximum Gasteiger partial charge on any atom is 0.323 e. The van der Waals surface area contributed by atoms with Crippen molar-refractivity contribution in [3.05, 3.63) is 58.1 Å². The fourth-order valence-corrected chi connectivity index (χ4v) is 3.78. The van der Waals surface area contributed by atoms with Gasteiger partial charge in [0, 0.05) is 17.5 Å². The van der Waals surface area contributed by atoms with Crippen molar-refractivity contribution in [2.24, 2.45) is 5.41 Å². The first-order chi connectivity index (χ1) is 15.2. The molecule has 168 valence electrons. The van der Waals surface area contributed by atoms with E-state index in [-0.39, 0.29) is 53.2 Å². The molecular formula is C24H24O8. The lowest BCUT2D eigenvalue weighted by atomic mass is 9.78. The number of carbonyl (C=O) groups excluding carboxylic acids is 4. The summed E-state index contributed by atoms with van der Waals surface area (Å²) in [4.78, 5) is 51.5.